The van der Waals surface area contributed by atoms with Crippen molar-refractivity contribution in [2.75, 3.05) is 13.1 Å². The van der Waals surface area contributed by atoms with E-state index in [9.17, 15) is 13.4 Å². The molecule has 6 nitrogen and oxygen atoms in total. The number of carbonyl (C=O) groups excluding carboxylic acids is 1. The molecule has 0 aliphatic carbocycles. The second-order valence-corrected chi connectivity index (χ2v) is 21.3. The van der Waals surface area contributed by atoms with Crippen LogP contribution in [0.5, 0.6) is 0 Å². The lowest BCUT2D eigenvalue weighted by Gasteiger charge is -2.10. The first kappa shape index (κ1) is 62.6. The SMILES string of the molecule is CCCCCCCCCCCCCCCCNCc1cccc(-c2[nH]c(C(=O)/C=C(\OB(F)F)c3[nH]c(-c4cccc(CNCCCCCCCCCCCCCCCC)c4)c(CC)c3CC)c(CC)c2CC)c1. The first-order chi connectivity index (χ1) is 36.3. The van der Waals surface area contributed by atoms with E-state index in [2.05, 4.69) is 96.8 Å². The van der Waals surface area contributed by atoms with Gasteiger partial charge in [0.05, 0.1) is 11.4 Å². The smallest absolute Gasteiger partial charge is 0.503 e. The molecule has 412 valence electrons. The number of H-pyrrole nitrogens is 2. The van der Waals surface area contributed by atoms with Gasteiger partial charge in [0.1, 0.15) is 5.76 Å². The fourth-order valence-electron chi connectivity index (χ4n) is 11.1. The molecule has 4 rings (SSSR count). The van der Waals surface area contributed by atoms with Gasteiger partial charge in [-0.05, 0) is 108 Å². The minimum atomic E-state index is -3.11. The minimum Gasteiger partial charge on any atom is -0.503 e. The zero-order valence-electron chi connectivity index (χ0n) is 47.8. The van der Waals surface area contributed by atoms with E-state index in [1.54, 1.807) is 0 Å². The number of allylic oxidation sites excluding steroid dienone is 1. The van der Waals surface area contributed by atoms with Crippen LogP contribution in [0.1, 0.15) is 271 Å². The summed E-state index contributed by atoms with van der Waals surface area (Å²) in [5.74, 6) is -0.524. The number of halogens is 2. The molecule has 0 saturated carbocycles. The molecule has 0 atom stereocenters. The lowest BCUT2D eigenvalue weighted by atomic mass is 9.97. The fourth-order valence-corrected chi connectivity index (χ4v) is 11.1. The highest BCUT2D eigenvalue weighted by Gasteiger charge is 2.28. The maximum absolute atomic E-state index is 14.4. The first-order valence-corrected chi connectivity index (χ1v) is 30.6. The van der Waals surface area contributed by atoms with Crippen LogP contribution in [0.4, 0.5) is 8.63 Å². The molecule has 0 unspecified atom stereocenters. The van der Waals surface area contributed by atoms with Crippen LogP contribution in [0.2, 0.25) is 0 Å². The number of hydrogen-bond donors (Lipinski definition) is 4. The molecule has 0 fully saturated rings. The number of rotatable bonds is 45. The predicted molar refractivity (Wildman–Crippen MR) is 315 cm³/mol. The fraction of sp³-hybridized carbons (Fsp3) is 0.646. The maximum atomic E-state index is 14.4. The van der Waals surface area contributed by atoms with E-state index in [0.29, 0.717) is 30.7 Å². The lowest BCUT2D eigenvalue weighted by molar-refractivity contribution is 0.104. The van der Waals surface area contributed by atoms with Gasteiger partial charge in [-0.2, -0.15) is 0 Å². The summed E-state index contributed by atoms with van der Waals surface area (Å²) in [5.41, 5.74) is 10.9. The number of benzene rings is 2. The molecule has 9 heteroatoms. The Labute approximate surface area is 450 Å². The Morgan fingerprint density at radius 2 is 0.811 bits per heavy atom. The molecule has 0 radical (unpaired) electrons. The van der Waals surface area contributed by atoms with E-state index in [-0.39, 0.29) is 11.5 Å². The summed E-state index contributed by atoms with van der Waals surface area (Å²) in [4.78, 5) is 21.4. The third-order valence-corrected chi connectivity index (χ3v) is 15.3. The van der Waals surface area contributed by atoms with Crippen molar-refractivity contribution in [1.82, 2.24) is 20.6 Å². The van der Waals surface area contributed by atoms with Crippen molar-refractivity contribution in [3.63, 3.8) is 0 Å². The largest absolute Gasteiger partial charge is 0.796 e. The number of hydrogen-bond acceptors (Lipinski definition) is 4. The van der Waals surface area contributed by atoms with E-state index >= 15 is 0 Å². The normalized spacial score (nSPS) is 11.8. The van der Waals surface area contributed by atoms with Crippen LogP contribution in [0.3, 0.4) is 0 Å². The molecular formula is C65H103BF2N4O2. The van der Waals surface area contributed by atoms with Gasteiger partial charge in [0.25, 0.3) is 0 Å². The molecule has 74 heavy (non-hydrogen) atoms. The molecule has 2 heterocycles. The van der Waals surface area contributed by atoms with Crippen molar-refractivity contribution >= 4 is 19.0 Å². The van der Waals surface area contributed by atoms with Crippen molar-refractivity contribution in [2.24, 2.45) is 0 Å². The molecule has 0 amide bonds. The molecule has 0 saturated heterocycles. The summed E-state index contributed by atoms with van der Waals surface area (Å²) < 4.78 is 34.0. The van der Waals surface area contributed by atoms with Crippen LogP contribution in [0.15, 0.2) is 54.6 Å². The van der Waals surface area contributed by atoms with Crippen LogP contribution in [-0.2, 0) is 43.4 Å². The topological polar surface area (TPSA) is 81.9 Å². The van der Waals surface area contributed by atoms with E-state index in [0.717, 1.165) is 77.4 Å². The van der Waals surface area contributed by atoms with Gasteiger partial charge < -0.3 is 25.3 Å². The second kappa shape index (κ2) is 38.6. The number of nitrogens with one attached hydrogen (secondary N) is 4. The van der Waals surface area contributed by atoms with Crippen LogP contribution in [0, 0.1) is 0 Å². The van der Waals surface area contributed by atoms with Gasteiger partial charge in [-0.15, -0.1) is 0 Å². The molecule has 0 spiro atoms. The zero-order chi connectivity index (χ0) is 53.0. The molecule has 2 aromatic carbocycles. The second-order valence-electron chi connectivity index (χ2n) is 21.3. The quantitative estimate of drug-likeness (QED) is 0.0117. The highest BCUT2D eigenvalue weighted by Crippen LogP contribution is 2.36. The molecular weight excluding hydrogens is 918 g/mol. The van der Waals surface area contributed by atoms with Crippen LogP contribution < -0.4 is 10.6 Å². The molecule has 2 aromatic heterocycles. The van der Waals surface area contributed by atoms with Gasteiger partial charge in [-0.1, -0.05) is 245 Å². The minimum absolute atomic E-state index is 0.142. The van der Waals surface area contributed by atoms with Crippen molar-refractivity contribution in [3.05, 3.63) is 99.4 Å². The molecule has 0 bridgehead atoms. The summed E-state index contributed by atoms with van der Waals surface area (Å²) in [7, 11) is -3.11. The molecule has 0 aliphatic rings. The van der Waals surface area contributed by atoms with Crippen molar-refractivity contribution in [1.29, 1.82) is 0 Å². The van der Waals surface area contributed by atoms with Gasteiger partial charge >= 0.3 is 7.47 Å². The van der Waals surface area contributed by atoms with E-state index in [4.69, 9.17) is 4.65 Å². The Morgan fingerprint density at radius 1 is 0.473 bits per heavy atom. The summed E-state index contributed by atoms with van der Waals surface area (Å²) in [5, 5.41) is 7.31. The molecule has 4 N–H and O–H groups in total. The van der Waals surface area contributed by atoms with Gasteiger partial charge in [-0.3, -0.25) is 4.79 Å². The average molecular weight is 1020 g/mol. The van der Waals surface area contributed by atoms with Gasteiger partial charge in [0.15, 0.2) is 0 Å². The van der Waals surface area contributed by atoms with Gasteiger partial charge in [-0.25, -0.2) is 8.63 Å². The first-order valence-electron chi connectivity index (χ1n) is 30.6. The third-order valence-electron chi connectivity index (χ3n) is 15.3. The maximum Gasteiger partial charge on any atom is 0.796 e. The Bertz CT molecular complexity index is 2140. The highest BCUT2D eigenvalue weighted by molar-refractivity contribution is 6.36. The number of aromatic amines is 2. The van der Waals surface area contributed by atoms with E-state index in [1.165, 1.54) is 197 Å². The van der Waals surface area contributed by atoms with E-state index in [1.807, 2.05) is 13.8 Å². The Morgan fingerprint density at radius 3 is 1.16 bits per heavy atom. The molecule has 0 aliphatic heterocycles. The Hall–Kier alpha value is -3.95. The summed E-state index contributed by atoms with van der Waals surface area (Å²) in [6.07, 6.45) is 41.8. The van der Waals surface area contributed by atoms with Gasteiger partial charge in [0.2, 0.25) is 5.78 Å². The lowest BCUT2D eigenvalue weighted by Crippen LogP contribution is -2.14. The number of carbonyl (C=O) groups is 1. The van der Waals surface area contributed by atoms with E-state index < -0.39 is 7.47 Å². The Balaban J connectivity index is 1.34. The van der Waals surface area contributed by atoms with Crippen LogP contribution in [0.25, 0.3) is 28.3 Å². The van der Waals surface area contributed by atoms with Gasteiger partial charge in [0, 0.05) is 30.6 Å². The predicted octanol–water partition coefficient (Wildman–Crippen LogP) is 19.2. The molecule has 4 aromatic rings. The standard InChI is InChI=1S/C65H103BF2N4O2/c1-7-13-15-17-19-21-23-25-27-29-31-33-35-37-45-69-50-52-41-39-43-54(47-52)62-56(9-3)58(11-5)64(71-62)60(73)49-61(74-66(67)68)65-59(12-6)57(10-4)63(72-65)55-44-40-42-53(48-55)51-70-46-38-36-34-32-30-28-26-24-22-20-18-16-14-8-2/h39-44,47-49,69-72H,7-38,45-46,50-51H2,1-6H3/b61-49-. The van der Waals surface area contributed by atoms with Crippen molar-refractivity contribution in [2.45, 2.75) is 260 Å². The van der Waals surface area contributed by atoms with Crippen LogP contribution >= 0.6 is 0 Å². The summed E-state index contributed by atoms with van der Waals surface area (Å²) >= 11 is 0. The van der Waals surface area contributed by atoms with Crippen molar-refractivity contribution in [3.8, 4) is 22.5 Å². The average Bonchev–Trinajstić information content (AvgIpc) is 3.99. The monoisotopic (exact) mass is 1020 g/mol. The number of unbranched alkanes of at least 4 members (excludes halogenated alkanes) is 26. The summed E-state index contributed by atoms with van der Waals surface area (Å²) in [6, 6.07) is 17.0. The number of aromatic nitrogens is 2. The zero-order valence-corrected chi connectivity index (χ0v) is 47.8. The highest BCUT2D eigenvalue weighted by atomic mass is 19.2. The summed E-state index contributed by atoms with van der Waals surface area (Å²) in [6.45, 7) is 16.3. The van der Waals surface area contributed by atoms with Crippen molar-refractivity contribution < 1.29 is 18.1 Å². The number of ketones is 1. The third kappa shape index (κ3) is 22.7. The Kier molecular flexibility index (Phi) is 32.6. The van der Waals surface area contributed by atoms with Crippen LogP contribution in [-0.4, -0.2) is 36.3 Å².